The summed E-state index contributed by atoms with van der Waals surface area (Å²) < 4.78 is 0. The molecule has 7 heavy (non-hydrogen) atoms. The van der Waals surface area contributed by atoms with Gasteiger partial charge in [0.15, 0.2) is 0 Å². The van der Waals surface area contributed by atoms with Crippen molar-refractivity contribution in [2.45, 2.75) is 25.5 Å². The lowest BCUT2D eigenvalue weighted by atomic mass is 10.4. The lowest BCUT2D eigenvalue weighted by molar-refractivity contribution is 0.906. The van der Waals surface area contributed by atoms with E-state index in [-0.39, 0.29) is 9.45 Å². The zero-order valence-electron chi connectivity index (χ0n) is 5.10. The highest BCUT2D eigenvalue weighted by Gasteiger charge is 1.95. The van der Waals surface area contributed by atoms with Crippen molar-refractivity contribution in [3.8, 4) is 0 Å². The maximum Gasteiger partial charge on any atom is 0.00598 e. The van der Waals surface area contributed by atoms with Crippen molar-refractivity contribution in [2.75, 3.05) is 6.26 Å². The summed E-state index contributed by atoms with van der Waals surface area (Å²) in [5.41, 5.74) is 0. The first-order valence-electron chi connectivity index (χ1n) is 2.50. The SMILES string of the molecule is CCC(C)S(C)=S. The van der Waals surface area contributed by atoms with Crippen LogP contribution in [0, 0.1) is 0 Å². The van der Waals surface area contributed by atoms with Gasteiger partial charge in [-0.15, -0.1) is 9.45 Å². The fraction of sp³-hybridized carbons (Fsp3) is 1.00. The molecule has 0 fully saturated rings. The third kappa shape index (κ3) is 3.18. The van der Waals surface area contributed by atoms with Crippen molar-refractivity contribution in [1.82, 2.24) is 0 Å². The Morgan fingerprint density at radius 3 is 2.14 bits per heavy atom. The first-order valence-corrected chi connectivity index (χ1v) is 5.12. The van der Waals surface area contributed by atoms with Gasteiger partial charge < -0.3 is 0 Å². The van der Waals surface area contributed by atoms with Gasteiger partial charge in [-0.3, -0.25) is 0 Å². The molecule has 2 unspecified atom stereocenters. The van der Waals surface area contributed by atoms with Crippen LogP contribution in [0.4, 0.5) is 0 Å². The van der Waals surface area contributed by atoms with Crippen molar-refractivity contribution >= 4 is 20.6 Å². The van der Waals surface area contributed by atoms with Gasteiger partial charge in [0.2, 0.25) is 0 Å². The molecule has 0 aliphatic heterocycles. The highest BCUT2D eigenvalue weighted by molar-refractivity contribution is 8.28. The topological polar surface area (TPSA) is 0 Å². The van der Waals surface area contributed by atoms with E-state index in [0.717, 1.165) is 5.25 Å². The molecule has 0 N–H and O–H groups in total. The van der Waals surface area contributed by atoms with Crippen molar-refractivity contribution < 1.29 is 0 Å². The van der Waals surface area contributed by atoms with Crippen LogP contribution < -0.4 is 0 Å². The van der Waals surface area contributed by atoms with Crippen LogP contribution in [0.2, 0.25) is 0 Å². The molecule has 2 atom stereocenters. The fourth-order valence-corrected chi connectivity index (χ4v) is 1.11. The Labute approximate surface area is 52.9 Å². The van der Waals surface area contributed by atoms with E-state index in [9.17, 15) is 0 Å². The van der Waals surface area contributed by atoms with Gasteiger partial charge in [0.1, 0.15) is 0 Å². The van der Waals surface area contributed by atoms with E-state index < -0.39 is 0 Å². The summed E-state index contributed by atoms with van der Waals surface area (Å²) in [5, 5.41) is 0.745. The van der Waals surface area contributed by atoms with Gasteiger partial charge in [-0.05, 0) is 12.7 Å². The molecule has 0 aromatic heterocycles. The molecule has 0 aromatic rings. The molecule has 0 radical (unpaired) electrons. The van der Waals surface area contributed by atoms with E-state index in [1.165, 1.54) is 6.42 Å². The molecule has 0 aliphatic carbocycles. The fourth-order valence-electron chi connectivity index (χ4n) is 0.235. The minimum absolute atomic E-state index is 0.223. The van der Waals surface area contributed by atoms with E-state index >= 15 is 0 Å². The van der Waals surface area contributed by atoms with Crippen LogP contribution >= 0.6 is 0 Å². The van der Waals surface area contributed by atoms with Crippen LogP contribution in [0.5, 0.6) is 0 Å². The van der Waals surface area contributed by atoms with Gasteiger partial charge in [-0.2, -0.15) is 0 Å². The summed E-state index contributed by atoms with van der Waals surface area (Å²) in [6, 6.07) is 0. The van der Waals surface area contributed by atoms with Gasteiger partial charge in [0, 0.05) is 5.25 Å². The lowest BCUT2D eigenvalue weighted by Gasteiger charge is -2.03. The van der Waals surface area contributed by atoms with Crippen molar-refractivity contribution in [1.29, 1.82) is 0 Å². The molecule has 0 nitrogen and oxygen atoms in total. The largest absolute Gasteiger partial charge is 0.122 e. The first-order chi connectivity index (χ1) is 3.18. The lowest BCUT2D eigenvalue weighted by Crippen LogP contribution is -2.04. The van der Waals surface area contributed by atoms with Gasteiger partial charge >= 0.3 is 0 Å². The van der Waals surface area contributed by atoms with Crippen molar-refractivity contribution in [3.05, 3.63) is 0 Å². The quantitative estimate of drug-likeness (QED) is 0.554. The van der Waals surface area contributed by atoms with Crippen molar-refractivity contribution in [2.24, 2.45) is 0 Å². The molecule has 0 saturated heterocycles. The number of hydrogen-bond donors (Lipinski definition) is 0. The summed E-state index contributed by atoms with van der Waals surface area (Å²) in [4.78, 5) is 0. The molecular formula is C5H12S2. The maximum absolute atomic E-state index is 5.03. The summed E-state index contributed by atoms with van der Waals surface area (Å²) in [5.74, 6) is 0. The second-order valence-corrected chi connectivity index (χ2v) is 5.10. The van der Waals surface area contributed by atoms with Gasteiger partial charge in [0.25, 0.3) is 0 Å². The average Bonchev–Trinajstić information content (AvgIpc) is 1.65. The number of hydrogen-bond acceptors (Lipinski definition) is 1. The molecule has 0 saturated carbocycles. The van der Waals surface area contributed by atoms with Gasteiger partial charge in [0.05, 0.1) is 0 Å². The Kier molecular flexibility index (Phi) is 3.85. The Bertz CT molecular complexity index is 68.5. The molecule has 0 rings (SSSR count). The summed E-state index contributed by atoms with van der Waals surface area (Å²) >= 11 is 5.03. The molecule has 44 valence electrons. The predicted octanol–water partition coefficient (Wildman–Crippen LogP) is 1.49. The molecule has 0 amide bonds. The highest BCUT2D eigenvalue weighted by Crippen LogP contribution is 1.96. The van der Waals surface area contributed by atoms with Crippen LogP contribution in [-0.4, -0.2) is 11.5 Å². The number of rotatable bonds is 2. The molecule has 0 bridgehead atoms. The second-order valence-electron chi connectivity index (χ2n) is 1.72. The minimum atomic E-state index is 0.223. The Morgan fingerprint density at radius 1 is 1.71 bits per heavy atom. The van der Waals surface area contributed by atoms with Crippen LogP contribution in [-0.2, 0) is 20.6 Å². The smallest absolute Gasteiger partial charge is 0.00598 e. The van der Waals surface area contributed by atoms with E-state index in [1.807, 2.05) is 0 Å². The van der Waals surface area contributed by atoms with Crippen LogP contribution in [0.3, 0.4) is 0 Å². The first kappa shape index (κ1) is 7.57. The highest BCUT2D eigenvalue weighted by atomic mass is 32.8. The predicted molar refractivity (Wildman–Crippen MR) is 40.4 cm³/mol. The Morgan fingerprint density at radius 2 is 2.14 bits per heavy atom. The summed E-state index contributed by atoms with van der Waals surface area (Å²) in [6.45, 7) is 4.39. The zero-order valence-corrected chi connectivity index (χ0v) is 6.73. The van der Waals surface area contributed by atoms with Crippen molar-refractivity contribution in [3.63, 3.8) is 0 Å². The summed E-state index contributed by atoms with van der Waals surface area (Å²) in [6.07, 6.45) is 3.34. The molecular weight excluding hydrogens is 124 g/mol. The van der Waals surface area contributed by atoms with Crippen LogP contribution in [0.25, 0.3) is 0 Å². The molecule has 0 aromatic carbocycles. The molecule has 0 heterocycles. The standard InChI is InChI=1S/C5H12S2/c1-4-5(2)7(3)6/h5H,4H2,1-3H3. The molecule has 0 aliphatic rings. The summed E-state index contributed by atoms with van der Waals surface area (Å²) in [7, 11) is 0.223. The third-order valence-corrected chi connectivity index (χ3v) is 3.59. The third-order valence-electron chi connectivity index (χ3n) is 1.14. The van der Waals surface area contributed by atoms with E-state index in [0.29, 0.717) is 0 Å². The average molecular weight is 136 g/mol. The second kappa shape index (κ2) is 3.56. The van der Waals surface area contributed by atoms with E-state index in [1.54, 1.807) is 0 Å². The minimum Gasteiger partial charge on any atom is -0.122 e. The normalized spacial score (nSPS) is 18.7. The Balaban J connectivity index is 3.34. The van der Waals surface area contributed by atoms with E-state index in [4.69, 9.17) is 11.2 Å². The van der Waals surface area contributed by atoms with Crippen LogP contribution in [0.15, 0.2) is 0 Å². The molecule has 0 spiro atoms. The van der Waals surface area contributed by atoms with Gasteiger partial charge in [-0.1, -0.05) is 25.0 Å². The Hall–Kier alpha value is 0.570. The van der Waals surface area contributed by atoms with Gasteiger partial charge in [-0.25, -0.2) is 0 Å². The maximum atomic E-state index is 5.03. The van der Waals surface area contributed by atoms with E-state index in [2.05, 4.69) is 20.1 Å². The molecule has 2 heteroatoms. The zero-order chi connectivity index (χ0) is 5.86. The van der Waals surface area contributed by atoms with Crippen LogP contribution in [0.1, 0.15) is 20.3 Å². The monoisotopic (exact) mass is 136 g/mol.